The predicted octanol–water partition coefficient (Wildman–Crippen LogP) is 13.3. The molecule has 9 aromatic rings. The molecule has 0 atom stereocenters. The first-order valence-electron chi connectivity index (χ1n) is 17.3. The second kappa shape index (κ2) is 11.9. The van der Waals surface area contributed by atoms with E-state index in [4.69, 9.17) is 9.47 Å². The number of rotatable bonds is 3. The normalized spacial score (nSPS) is 11.8. The van der Waals surface area contributed by atoms with Gasteiger partial charge in [-0.15, -0.1) is 0 Å². The van der Waals surface area contributed by atoms with Crippen LogP contribution in [0.15, 0.2) is 188 Å². The van der Waals surface area contributed by atoms with E-state index < -0.39 is 0 Å². The summed E-state index contributed by atoms with van der Waals surface area (Å²) in [5, 5.41) is 2.44. The molecule has 0 spiro atoms. The number of aromatic nitrogens is 1. The molecular formula is C48H31NO2. The van der Waals surface area contributed by atoms with Gasteiger partial charge in [-0.3, -0.25) is 0 Å². The van der Waals surface area contributed by atoms with Crippen molar-refractivity contribution in [3.63, 3.8) is 0 Å². The van der Waals surface area contributed by atoms with Crippen LogP contribution in [0.4, 0.5) is 0 Å². The van der Waals surface area contributed by atoms with Crippen molar-refractivity contribution in [3.8, 4) is 73.2 Å². The van der Waals surface area contributed by atoms with Gasteiger partial charge in [-0.05, 0) is 76.9 Å². The van der Waals surface area contributed by atoms with Crippen molar-refractivity contribution < 1.29 is 9.47 Å². The highest BCUT2D eigenvalue weighted by Gasteiger charge is 2.24. The Balaban J connectivity index is 1.23. The van der Waals surface area contributed by atoms with Crippen molar-refractivity contribution in [2.24, 2.45) is 0 Å². The quantitative estimate of drug-likeness (QED) is 0.189. The molecule has 1 aliphatic heterocycles. The maximum Gasteiger partial charge on any atom is 0.136 e. The summed E-state index contributed by atoms with van der Waals surface area (Å²) in [7, 11) is 0. The summed E-state index contributed by atoms with van der Waals surface area (Å²) < 4.78 is 16.4. The van der Waals surface area contributed by atoms with Crippen LogP contribution in [0.3, 0.4) is 0 Å². The molecule has 0 bridgehead atoms. The first-order valence-corrected chi connectivity index (χ1v) is 17.3. The lowest BCUT2D eigenvalue weighted by atomic mass is 9.92. The van der Waals surface area contributed by atoms with E-state index in [-0.39, 0.29) is 0 Å². The molecule has 8 aromatic carbocycles. The van der Waals surface area contributed by atoms with Crippen LogP contribution >= 0.6 is 0 Å². The fourth-order valence-electron chi connectivity index (χ4n) is 7.54. The second-order valence-corrected chi connectivity index (χ2v) is 12.9. The van der Waals surface area contributed by atoms with Crippen molar-refractivity contribution in [1.29, 1.82) is 0 Å². The maximum absolute atomic E-state index is 7.12. The minimum absolute atomic E-state index is 0.762. The van der Waals surface area contributed by atoms with Crippen LogP contribution in [0.2, 0.25) is 0 Å². The number of para-hydroxylation sites is 4. The molecule has 0 fully saturated rings. The third-order valence-corrected chi connectivity index (χ3v) is 9.89. The fraction of sp³-hybridized carbons (Fsp3) is 0. The Hall–Kier alpha value is -6.84. The minimum Gasteiger partial charge on any atom is -0.456 e. The van der Waals surface area contributed by atoms with E-state index >= 15 is 0 Å². The molecule has 0 amide bonds. The number of benzene rings is 8. The van der Waals surface area contributed by atoms with Gasteiger partial charge in [-0.25, -0.2) is 0 Å². The standard InChI is InChI=1S/C48H31NO2/c1-3-14-32(15-4-1)33-26-29-40-39-19-8-11-23-44(39)50-45-24-12-9-20-41(45)48-36(21-13-25-46(48)51-47(40)31-33)34-27-28-38-37-18-7-10-22-42(37)49(43(38)30-34)35-16-5-2-6-17-35/h1-31H. The van der Waals surface area contributed by atoms with Crippen LogP contribution in [0.1, 0.15) is 0 Å². The zero-order chi connectivity index (χ0) is 33.7. The third-order valence-electron chi connectivity index (χ3n) is 9.89. The van der Waals surface area contributed by atoms with Crippen molar-refractivity contribution >= 4 is 21.8 Å². The highest BCUT2D eigenvalue weighted by atomic mass is 16.5. The summed E-state index contributed by atoms with van der Waals surface area (Å²) in [6.45, 7) is 0. The van der Waals surface area contributed by atoms with Crippen molar-refractivity contribution in [3.05, 3.63) is 188 Å². The Kier molecular flexibility index (Phi) is 6.81. The zero-order valence-corrected chi connectivity index (χ0v) is 27.7. The maximum atomic E-state index is 7.12. The van der Waals surface area contributed by atoms with Gasteiger partial charge in [-0.2, -0.15) is 0 Å². The monoisotopic (exact) mass is 653 g/mol. The molecule has 51 heavy (non-hydrogen) atoms. The number of ether oxygens (including phenoxy) is 2. The molecule has 0 aliphatic carbocycles. The molecule has 0 saturated carbocycles. The van der Waals surface area contributed by atoms with Gasteiger partial charge in [0.15, 0.2) is 0 Å². The Morgan fingerprint density at radius 3 is 1.75 bits per heavy atom. The predicted molar refractivity (Wildman–Crippen MR) is 209 cm³/mol. The Bertz CT molecular complexity index is 2740. The van der Waals surface area contributed by atoms with Crippen LogP contribution in [0.25, 0.3) is 72.0 Å². The van der Waals surface area contributed by atoms with E-state index in [2.05, 4.69) is 156 Å². The molecule has 3 nitrogen and oxygen atoms in total. The average Bonchev–Trinajstić information content (AvgIpc) is 3.53. The minimum atomic E-state index is 0.762. The van der Waals surface area contributed by atoms with Gasteiger partial charge in [-0.1, -0.05) is 133 Å². The van der Waals surface area contributed by atoms with E-state index in [0.717, 1.165) is 78.7 Å². The van der Waals surface area contributed by atoms with Gasteiger partial charge in [0.25, 0.3) is 0 Å². The summed E-state index contributed by atoms with van der Waals surface area (Å²) in [5.74, 6) is 3.08. The summed E-state index contributed by atoms with van der Waals surface area (Å²) in [5.41, 5.74) is 11.7. The molecule has 1 aromatic heterocycles. The number of fused-ring (bicyclic) bond motifs is 9. The van der Waals surface area contributed by atoms with E-state index in [1.54, 1.807) is 0 Å². The molecule has 2 heterocycles. The molecule has 10 rings (SSSR count). The summed E-state index contributed by atoms with van der Waals surface area (Å²) in [6, 6.07) is 65.8. The first-order chi connectivity index (χ1) is 25.3. The van der Waals surface area contributed by atoms with Crippen LogP contribution in [0.5, 0.6) is 23.0 Å². The fourth-order valence-corrected chi connectivity index (χ4v) is 7.54. The second-order valence-electron chi connectivity index (χ2n) is 12.9. The molecule has 1 aliphatic rings. The SMILES string of the molecule is c1ccc(-c2ccc3c(c2)Oc2cccc(-c4ccc5c6ccccc6n(-c6ccccc6)c5c4)c2-c2ccccc2Oc2ccccc2-3)cc1. The van der Waals surface area contributed by atoms with Gasteiger partial charge in [0.05, 0.1) is 11.0 Å². The molecule has 0 unspecified atom stereocenters. The Morgan fingerprint density at radius 2 is 0.902 bits per heavy atom. The number of hydrogen-bond donors (Lipinski definition) is 0. The third kappa shape index (κ3) is 4.90. The molecule has 240 valence electrons. The smallest absolute Gasteiger partial charge is 0.136 e. The lowest BCUT2D eigenvalue weighted by molar-refractivity contribution is 0.472. The molecule has 0 saturated heterocycles. The Morgan fingerprint density at radius 1 is 0.314 bits per heavy atom. The van der Waals surface area contributed by atoms with E-state index in [1.807, 2.05) is 36.4 Å². The van der Waals surface area contributed by atoms with Crippen LogP contribution < -0.4 is 9.47 Å². The summed E-state index contributed by atoms with van der Waals surface area (Å²) >= 11 is 0. The zero-order valence-electron chi connectivity index (χ0n) is 27.7. The largest absolute Gasteiger partial charge is 0.456 e. The first kappa shape index (κ1) is 29.1. The average molecular weight is 654 g/mol. The molecule has 0 radical (unpaired) electrons. The molecule has 3 heteroatoms. The lowest BCUT2D eigenvalue weighted by Crippen LogP contribution is -1.99. The highest BCUT2D eigenvalue weighted by Crippen LogP contribution is 2.50. The molecular weight excluding hydrogens is 623 g/mol. The van der Waals surface area contributed by atoms with E-state index in [0.29, 0.717) is 0 Å². The van der Waals surface area contributed by atoms with Gasteiger partial charge < -0.3 is 14.0 Å². The van der Waals surface area contributed by atoms with Gasteiger partial charge >= 0.3 is 0 Å². The molecule has 0 N–H and O–H groups in total. The lowest BCUT2D eigenvalue weighted by Gasteiger charge is -2.23. The summed E-state index contributed by atoms with van der Waals surface area (Å²) in [4.78, 5) is 0. The van der Waals surface area contributed by atoms with Gasteiger partial charge in [0.2, 0.25) is 0 Å². The van der Waals surface area contributed by atoms with Gasteiger partial charge in [0.1, 0.15) is 23.0 Å². The van der Waals surface area contributed by atoms with Crippen molar-refractivity contribution in [2.75, 3.05) is 0 Å². The number of nitrogens with zero attached hydrogens (tertiary/aromatic N) is 1. The van der Waals surface area contributed by atoms with Crippen LogP contribution in [-0.4, -0.2) is 4.57 Å². The number of hydrogen-bond acceptors (Lipinski definition) is 2. The van der Waals surface area contributed by atoms with Crippen LogP contribution in [-0.2, 0) is 0 Å². The topological polar surface area (TPSA) is 23.4 Å². The van der Waals surface area contributed by atoms with Gasteiger partial charge in [0, 0.05) is 38.7 Å². The summed E-state index contributed by atoms with van der Waals surface area (Å²) in [6.07, 6.45) is 0. The highest BCUT2D eigenvalue weighted by molar-refractivity contribution is 6.10. The van der Waals surface area contributed by atoms with E-state index in [9.17, 15) is 0 Å². The Labute approximate surface area is 296 Å². The van der Waals surface area contributed by atoms with Crippen molar-refractivity contribution in [1.82, 2.24) is 4.57 Å². The van der Waals surface area contributed by atoms with Crippen molar-refractivity contribution in [2.45, 2.75) is 0 Å². The van der Waals surface area contributed by atoms with E-state index in [1.165, 1.54) is 16.3 Å². The van der Waals surface area contributed by atoms with Crippen LogP contribution in [0, 0.1) is 0 Å².